The smallest absolute Gasteiger partial charge is 0.416 e. The molecule has 0 spiro atoms. The molecule has 2 amide bonds. The lowest BCUT2D eigenvalue weighted by molar-refractivity contribution is -0.119. The third-order valence-corrected chi connectivity index (χ3v) is 4.72. The number of carbonyl (C=O) groups is 2. The van der Waals surface area contributed by atoms with Crippen LogP contribution in [0.25, 0.3) is 11.0 Å². The third-order valence-electron chi connectivity index (χ3n) is 4.72. The van der Waals surface area contributed by atoms with E-state index in [0.717, 1.165) is 0 Å². The predicted octanol–water partition coefficient (Wildman–Crippen LogP) is 3.29. The minimum absolute atomic E-state index is 0.140. The number of hydrogen-bond acceptors (Lipinski definition) is 7. The highest BCUT2D eigenvalue weighted by Crippen LogP contribution is 2.29. The Labute approximate surface area is 198 Å². The molecule has 10 nitrogen and oxygen atoms in total. The summed E-state index contributed by atoms with van der Waals surface area (Å²) in [4.78, 5) is 41.8. The van der Waals surface area contributed by atoms with E-state index in [0.29, 0.717) is 40.3 Å². The molecule has 10 heteroatoms. The van der Waals surface area contributed by atoms with Gasteiger partial charge in [0, 0.05) is 13.5 Å². The van der Waals surface area contributed by atoms with Crippen LogP contribution in [0, 0.1) is 11.8 Å². The number of pyridine rings is 2. The van der Waals surface area contributed by atoms with Crippen molar-refractivity contribution in [1.29, 1.82) is 0 Å². The van der Waals surface area contributed by atoms with Crippen molar-refractivity contribution < 1.29 is 14.3 Å². The number of hydrogen-bond donors (Lipinski definition) is 3. The van der Waals surface area contributed by atoms with Crippen molar-refractivity contribution in [2.75, 3.05) is 17.2 Å². The van der Waals surface area contributed by atoms with Crippen LogP contribution in [-0.4, -0.2) is 44.1 Å². The molecule has 0 fully saturated rings. The first-order valence-corrected chi connectivity index (χ1v) is 10.9. The zero-order valence-electron chi connectivity index (χ0n) is 20.2. The van der Waals surface area contributed by atoms with Gasteiger partial charge in [0.15, 0.2) is 5.82 Å². The van der Waals surface area contributed by atoms with Gasteiger partial charge in [-0.25, -0.2) is 19.7 Å². The molecule has 3 aromatic heterocycles. The molecule has 0 radical (unpaired) electrons. The number of H-pyrrole nitrogens is 1. The second-order valence-electron chi connectivity index (χ2n) is 8.67. The highest BCUT2D eigenvalue weighted by molar-refractivity contribution is 6.00. The number of rotatable bonds is 4. The van der Waals surface area contributed by atoms with Crippen molar-refractivity contribution in [3.05, 3.63) is 41.5 Å². The van der Waals surface area contributed by atoms with Crippen LogP contribution in [0.5, 0.6) is 0 Å². The van der Waals surface area contributed by atoms with Gasteiger partial charge in [-0.3, -0.25) is 9.69 Å². The molecule has 1 unspecified atom stereocenters. The summed E-state index contributed by atoms with van der Waals surface area (Å²) >= 11 is 0. The number of nitrogen functional groups attached to an aromatic ring is 1. The SMILES string of the molecule is CCN(C(=O)OC(C)(C)C)c1nc(N)c(C#Cc2cccc(C(C)NC(C)=O)n2)c2[nH]cnc12. The first-order valence-electron chi connectivity index (χ1n) is 10.9. The molecule has 0 bridgehead atoms. The molecule has 0 aliphatic carbocycles. The van der Waals surface area contributed by atoms with Crippen LogP contribution >= 0.6 is 0 Å². The maximum atomic E-state index is 12.7. The van der Waals surface area contributed by atoms with E-state index in [1.807, 2.05) is 26.0 Å². The lowest BCUT2D eigenvalue weighted by Gasteiger charge is -2.26. The molecule has 3 rings (SSSR count). The summed E-state index contributed by atoms with van der Waals surface area (Å²) in [7, 11) is 0. The summed E-state index contributed by atoms with van der Waals surface area (Å²) in [6.07, 6.45) is 0.955. The predicted molar refractivity (Wildman–Crippen MR) is 130 cm³/mol. The van der Waals surface area contributed by atoms with E-state index in [2.05, 4.69) is 37.1 Å². The van der Waals surface area contributed by atoms with Crippen molar-refractivity contribution in [2.45, 2.75) is 53.2 Å². The largest absolute Gasteiger partial charge is 0.443 e. The summed E-state index contributed by atoms with van der Waals surface area (Å²) in [6, 6.07) is 5.15. The first kappa shape index (κ1) is 24.5. The topological polar surface area (TPSA) is 139 Å². The first-order chi connectivity index (χ1) is 16.0. The fourth-order valence-electron chi connectivity index (χ4n) is 3.27. The Kier molecular flexibility index (Phi) is 7.05. The highest BCUT2D eigenvalue weighted by atomic mass is 16.6. The van der Waals surface area contributed by atoms with E-state index < -0.39 is 11.7 Å². The number of carbonyl (C=O) groups excluding carboxylic acids is 2. The van der Waals surface area contributed by atoms with Gasteiger partial charge < -0.3 is 20.8 Å². The van der Waals surface area contributed by atoms with Crippen molar-refractivity contribution in [3.8, 4) is 11.8 Å². The van der Waals surface area contributed by atoms with Gasteiger partial charge in [0.25, 0.3) is 0 Å². The summed E-state index contributed by atoms with van der Waals surface area (Å²) in [5.74, 6) is 6.32. The highest BCUT2D eigenvalue weighted by Gasteiger charge is 2.26. The Bertz CT molecular complexity index is 1280. The Balaban J connectivity index is 2.00. The summed E-state index contributed by atoms with van der Waals surface area (Å²) in [5.41, 5.74) is 8.24. The van der Waals surface area contributed by atoms with Gasteiger partial charge in [-0.2, -0.15) is 0 Å². The van der Waals surface area contributed by atoms with Gasteiger partial charge in [-0.1, -0.05) is 12.0 Å². The summed E-state index contributed by atoms with van der Waals surface area (Å²) < 4.78 is 5.51. The van der Waals surface area contributed by atoms with Crippen LogP contribution in [0.15, 0.2) is 24.5 Å². The molecule has 3 aromatic rings. The van der Waals surface area contributed by atoms with Gasteiger partial charge in [0.05, 0.1) is 29.1 Å². The number of aromatic amines is 1. The fraction of sp³-hybridized carbons (Fsp3) is 0.375. The molecule has 4 N–H and O–H groups in total. The van der Waals surface area contributed by atoms with Crippen LogP contribution in [0.2, 0.25) is 0 Å². The minimum Gasteiger partial charge on any atom is -0.443 e. The number of nitrogens with one attached hydrogen (secondary N) is 2. The maximum absolute atomic E-state index is 12.7. The fourth-order valence-corrected chi connectivity index (χ4v) is 3.27. The number of nitrogens with two attached hydrogens (primary N) is 1. The molecular weight excluding hydrogens is 434 g/mol. The summed E-state index contributed by atoms with van der Waals surface area (Å²) in [6.45, 7) is 10.8. The zero-order valence-corrected chi connectivity index (χ0v) is 20.2. The zero-order chi connectivity index (χ0) is 25.0. The number of nitrogens with zero attached hydrogens (tertiary/aromatic N) is 4. The van der Waals surface area contributed by atoms with E-state index in [1.54, 1.807) is 26.8 Å². The lowest BCUT2D eigenvalue weighted by Crippen LogP contribution is -2.37. The molecule has 0 saturated heterocycles. The molecule has 1 atom stereocenters. The number of amides is 2. The van der Waals surface area contributed by atoms with Crippen LogP contribution in [0.4, 0.5) is 16.4 Å². The van der Waals surface area contributed by atoms with Gasteiger partial charge in [-0.15, -0.1) is 0 Å². The number of imidazole rings is 1. The van der Waals surface area contributed by atoms with Crippen LogP contribution in [0.1, 0.15) is 64.5 Å². The minimum atomic E-state index is -0.662. The van der Waals surface area contributed by atoms with Gasteiger partial charge in [0.1, 0.15) is 22.6 Å². The van der Waals surface area contributed by atoms with Crippen LogP contribution < -0.4 is 16.0 Å². The third kappa shape index (κ3) is 5.61. The molecule has 3 heterocycles. The Hall–Kier alpha value is -4.13. The average Bonchev–Trinajstić information content (AvgIpc) is 3.22. The number of anilines is 2. The molecule has 0 saturated carbocycles. The normalized spacial score (nSPS) is 11.9. The van der Waals surface area contributed by atoms with E-state index in [9.17, 15) is 9.59 Å². The quantitative estimate of drug-likeness (QED) is 0.505. The monoisotopic (exact) mass is 463 g/mol. The number of ether oxygens (including phenoxy) is 1. The average molecular weight is 464 g/mol. The van der Waals surface area contributed by atoms with E-state index >= 15 is 0 Å². The van der Waals surface area contributed by atoms with E-state index in [1.165, 1.54) is 18.2 Å². The van der Waals surface area contributed by atoms with Crippen LogP contribution in [0.3, 0.4) is 0 Å². The Morgan fingerprint density at radius 2 is 2.00 bits per heavy atom. The standard InChI is InChI=1S/C24H29N7O3/c1-7-31(23(33)34-24(4,5)6)22-20-19(26-13-27-20)17(21(25)30-22)12-11-16-9-8-10-18(29-16)14(2)28-15(3)32/h8-10,13-14H,7H2,1-6H3,(H2,25,30)(H,26,27)(H,28,32). The van der Waals surface area contributed by atoms with Crippen molar-refractivity contribution >= 4 is 34.7 Å². The Morgan fingerprint density at radius 3 is 2.65 bits per heavy atom. The van der Waals surface area contributed by atoms with Gasteiger partial charge >= 0.3 is 6.09 Å². The molecule has 178 valence electrons. The maximum Gasteiger partial charge on any atom is 0.416 e. The van der Waals surface area contributed by atoms with E-state index in [-0.39, 0.29) is 17.8 Å². The second-order valence-corrected chi connectivity index (χ2v) is 8.67. The van der Waals surface area contributed by atoms with Gasteiger partial charge in [0.2, 0.25) is 5.91 Å². The molecule has 0 aliphatic heterocycles. The number of aromatic nitrogens is 4. The number of fused-ring (bicyclic) bond motifs is 1. The lowest BCUT2D eigenvalue weighted by atomic mass is 10.1. The van der Waals surface area contributed by atoms with Crippen molar-refractivity contribution in [1.82, 2.24) is 25.3 Å². The van der Waals surface area contributed by atoms with Crippen LogP contribution in [-0.2, 0) is 9.53 Å². The molecule has 0 aliphatic rings. The Morgan fingerprint density at radius 1 is 1.26 bits per heavy atom. The molecular formula is C24H29N7O3. The van der Waals surface area contributed by atoms with E-state index in [4.69, 9.17) is 10.5 Å². The van der Waals surface area contributed by atoms with Crippen molar-refractivity contribution in [3.63, 3.8) is 0 Å². The molecule has 34 heavy (non-hydrogen) atoms. The van der Waals surface area contributed by atoms with Crippen molar-refractivity contribution in [2.24, 2.45) is 0 Å². The second kappa shape index (κ2) is 9.79. The summed E-state index contributed by atoms with van der Waals surface area (Å²) in [5, 5.41) is 2.80. The molecule has 0 aromatic carbocycles. The van der Waals surface area contributed by atoms with Gasteiger partial charge in [-0.05, 0) is 52.7 Å².